The largest absolute Gasteiger partial charge is 0.497 e. The van der Waals surface area contributed by atoms with E-state index >= 15 is 0 Å². The van der Waals surface area contributed by atoms with Gasteiger partial charge in [-0.25, -0.2) is 8.42 Å². The zero-order valence-electron chi connectivity index (χ0n) is 30.2. The van der Waals surface area contributed by atoms with Crippen LogP contribution in [0.3, 0.4) is 0 Å². The minimum absolute atomic E-state index is 0.0212. The van der Waals surface area contributed by atoms with Gasteiger partial charge < -0.3 is 19.7 Å². The number of carbonyl (C=O) groups is 2. The first-order valence-electron chi connectivity index (χ1n) is 17.0. The third-order valence-electron chi connectivity index (χ3n) is 8.25. The zero-order valence-corrected chi connectivity index (χ0v) is 31.0. The number of hydrogen-bond acceptors (Lipinski definition) is 6. The van der Waals surface area contributed by atoms with Crippen LogP contribution < -0.4 is 19.1 Å². The molecule has 0 radical (unpaired) electrons. The monoisotopic (exact) mass is 719 g/mol. The van der Waals surface area contributed by atoms with Crippen molar-refractivity contribution in [2.45, 2.75) is 57.1 Å². The molecular weight excluding hydrogens is 675 g/mol. The highest BCUT2D eigenvalue weighted by Gasteiger charge is 2.35. The van der Waals surface area contributed by atoms with E-state index in [4.69, 9.17) is 9.47 Å². The van der Waals surface area contributed by atoms with Gasteiger partial charge in [0.1, 0.15) is 29.8 Å². The number of hydrogen-bond donors (Lipinski definition) is 1. The molecule has 0 spiro atoms. The van der Waals surface area contributed by atoms with Gasteiger partial charge in [0.15, 0.2) is 0 Å². The number of amides is 2. The minimum Gasteiger partial charge on any atom is -0.497 e. The average molecular weight is 720 g/mol. The zero-order chi connectivity index (χ0) is 37.3. The quantitative estimate of drug-likeness (QED) is 0.127. The predicted octanol–water partition coefficient (Wildman–Crippen LogP) is 7.55. The number of para-hydroxylation sites is 1. The fourth-order valence-electron chi connectivity index (χ4n) is 5.65. The van der Waals surface area contributed by atoms with E-state index in [1.807, 2.05) is 100 Å². The number of methoxy groups -OCH3 is 1. The van der Waals surface area contributed by atoms with Crippen molar-refractivity contribution in [2.75, 3.05) is 18.0 Å². The van der Waals surface area contributed by atoms with Crippen LogP contribution >= 0.6 is 0 Å². The Hall–Kier alpha value is -5.61. The molecule has 5 aromatic carbocycles. The van der Waals surface area contributed by atoms with Crippen LogP contribution in [0.2, 0.25) is 0 Å². The summed E-state index contributed by atoms with van der Waals surface area (Å²) >= 11 is 0. The lowest BCUT2D eigenvalue weighted by Crippen LogP contribution is -2.56. The number of ether oxygens (including phenoxy) is 2. The van der Waals surface area contributed by atoms with Crippen molar-refractivity contribution in [3.05, 3.63) is 150 Å². The molecule has 5 aromatic rings. The Labute approximate surface area is 306 Å². The van der Waals surface area contributed by atoms with Crippen LogP contribution in [0.5, 0.6) is 17.2 Å². The Bertz CT molecular complexity index is 2050. The number of benzene rings is 5. The molecule has 0 aromatic heterocycles. The Balaban J connectivity index is 1.58. The summed E-state index contributed by atoms with van der Waals surface area (Å²) in [5.41, 5.74) is 2.11. The number of anilines is 1. The standard InChI is InChI=1S/C42H45N3O6S/c1-31-19-25-38(26-20-31)52(48,49)45(34-21-23-36(24-22-34)51-35-16-10-7-11-17-35)30-40(46)44(29-33-15-12-18-37(27-33)50-5)39(41(47)43-42(2,3)4)28-32-13-8-6-9-14-32/h6-27,39H,28-30H2,1-5H3,(H,43,47)/t39-/m0/s1. The van der Waals surface area contributed by atoms with Crippen molar-refractivity contribution < 1.29 is 27.5 Å². The molecule has 0 aliphatic carbocycles. The number of sulfonamides is 1. The smallest absolute Gasteiger partial charge is 0.264 e. The van der Waals surface area contributed by atoms with E-state index in [-0.39, 0.29) is 29.5 Å². The minimum atomic E-state index is -4.26. The molecule has 0 aliphatic heterocycles. The van der Waals surface area contributed by atoms with E-state index in [1.165, 1.54) is 17.0 Å². The van der Waals surface area contributed by atoms with Crippen LogP contribution in [0.4, 0.5) is 5.69 Å². The molecule has 0 bridgehead atoms. The molecule has 5 rings (SSSR count). The maximum absolute atomic E-state index is 14.8. The second-order valence-electron chi connectivity index (χ2n) is 13.6. The van der Waals surface area contributed by atoms with Crippen LogP contribution in [0, 0.1) is 6.92 Å². The van der Waals surface area contributed by atoms with Gasteiger partial charge >= 0.3 is 0 Å². The van der Waals surface area contributed by atoms with Gasteiger partial charge in [-0.05, 0) is 99.5 Å². The fraction of sp³-hybridized carbons (Fsp3) is 0.238. The fourth-order valence-corrected chi connectivity index (χ4v) is 7.06. The Morgan fingerprint density at radius 1 is 0.731 bits per heavy atom. The van der Waals surface area contributed by atoms with Gasteiger partial charge in [0, 0.05) is 18.5 Å². The molecule has 0 aliphatic rings. The highest BCUT2D eigenvalue weighted by molar-refractivity contribution is 7.92. The summed E-state index contributed by atoms with van der Waals surface area (Å²) in [6.07, 6.45) is 0.203. The van der Waals surface area contributed by atoms with E-state index in [1.54, 1.807) is 55.6 Å². The maximum atomic E-state index is 14.8. The highest BCUT2D eigenvalue weighted by atomic mass is 32.2. The Morgan fingerprint density at radius 3 is 1.92 bits per heavy atom. The lowest BCUT2D eigenvalue weighted by Gasteiger charge is -2.35. The first-order valence-corrected chi connectivity index (χ1v) is 18.5. The van der Waals surface area contributed by atoms with Gasteiger partial charge in [-0.3, -0.25) is 13.9 Å². The molecule has 0 unspecified atom stereocenters. The Kier molecular flexibility index (Phi) is 12.0. The Morgan fingerprint density at radius 2 is 1.31 bits per heavy atom. The second-order valence-corrected chi connectivity index (χ2v) is 15.4. The first-order chi connectivity index (χ1) is 24.8. The van der Waals surface area contributed by atoms with Gasteiger partial charge in [0.2, 0.25) is 11.8 Å². The van der Waals surface area contributed by atoms with Crippen LogP contribution in [0.15, 0.2) is 138 Å². The van der Waals surface area contributed by atoms with E-state index < -0.39 is 34.1 Å². The molecule has 0 saturated heterocycles. The summed E-state index contributed by atoms with van der Waals surface area (Å²) in [6, 6.07) is 38.0. The molecule has 52 heavy (non-hydrogen) atoms. The van der Waals surface area contributed by atoms with Crippen LogP contribution in [-0.4, -0.2) is 50.4 Å². The molecule has 2 amide bonds. The van der Waals surface area contributed by atoms with Gasteiger partial charge in [0.25, 0.3) is 10.0 Å². The molecule has 10 heteroatoms. The van der Waals surface area contributed by atoms with Gasteiger partial charge in [-0.15, -0.1) is 0 Å². The van der Waals surface area contributed by atoms with Crippen LogP contribution in [0.1, 0.15) is 37.5 Å². The normalized spacial score (nSPS) is 12.0. The molecule has 1 atom stereocenters. The molecule has 0 fully saturated rings. The molecular formula is C42H45N3O6S. The molecule has 0 heterocycles. The summed E-state index contributed by atoms with van der Waals surface area (Å²) < 4.78 is 41.4. The van der Waals surface area contributed by atoms with Crippen molar-refractivity contribution in [3.63, 3.8) is 0 Å². The van der Waals surface area contributed by atoms with Crippen molar-refractivity contribution >= 4 is 27.5 Å². The van der Waals surface area contributed by atoms with Gasteiger partial charge in [-0.1, -0.05) is 78.4 Å². The highest BCUT2D eigenvalue weighted by Crippen LogP contribution is 2.29. The van der Waals surface area contributed by atoms with Crippen molar-refractivity contribution in [2.24, 2.45) is 0 Å². The number of nitrogens with zero attached hydrogens (tertiary/aromatic N) is 2. The molecule has 9 nitrogen and oxygen atoms in total. The third kappa shape index (κ3) is 10.0. The second kappa shape index (κ2) is 16.6. The molecule has 270 valence electrons. The van der Waals surface area contributed by atoms with E-state index in [9.17, 15) is 18.0 Å². The van der Waals surface area contributed by atoms with Crippen LogP contribution in [0.25, 0.3) is 0 Å². The van der Waals surface area contributed by atoms with E-state index in [0.29, 0.717) is 22.8 Å². The maximum Gasteiger partial charge on any atom is 0.264 e. The lowest BCUT2D eigenvalue weighted by atomic mass is 10.0. The topological polar surface area (TPSA) is 105 Å². The van der Waals surface area contributed by atoms with Crippen LogP contribution in [-0.2, 0) is 32.6 Å². The predicted molar refractivity (Wildman–Crippen MR) is 204 cm³/mol. The summed E-state index contributed by atoms with van der Waals surface area (Å²) in [6.45, 7) is 6.94. The summed E-state index contributed by atoms with van der Waals surface area (Å²) in [5.74, 6) is 0.789. The summed E-state index contributed by atoms with van der Waals surface area (Å²) in [4.78, 5) is 30.4. The number of carbonyl (C=O) groups excluding carboxylic acids is 2. The van der Waals surface area contributed by atoms with Gasteiger partial charge in [-0.2, -0.15) is 0 Å². The summed E-state index contributed by atoms with van der Waals surface area (Å²) in [5, 5.41) is 3.05. The van der Waals surface area contributed by atoms with Crippen molar-refractivity contribution in [3.8, 4) is 17.2 Å². The SMILES string of the molecule is COc1cccc(CN(C(=O)CN(c2ccc(Oc3ccccc3)cc2)S(=O)(=O)c2ccc(C)cc2)[C@@H](Cc2ccccc2)C(=O)NC(C)(C)C)c1. The van der Waals surface area contributed by atoms with E-state index in [0.717, 1.165) is 15.4 Å². The van der Waals surface area contributed by atoms with Crippen molar-refractivity contribution in [1.29, 1.82) is 0 Å². The lowest BCUT2D eigenvalue weighted by molar-refractivity contribution is -0.140. The van der Waals surface area contributed by atoms with Gasteiger partial charge in [0.05, 0.1) is 17.7 Å². The first kappa shape index (κ1) is 37.6. The van der Waals surface area contributed by atoms with Crippen molar-refractivity contribution in [1.82, 2.24) is 10.2 Å². The third-order valence-corrected chi connectivity index (χ3v) is 10.0. The molecule has 0 saturated carbocycles. The number of rotatable bonds is 14. The summed E-state index contributed by atoms with van der Waals surface area (Å²) in [7, 11) is -2.71. The molecule has 1 N–H and O–H groups in total. The van der Waals surface area contributed by atoms with E-state index in [2.05, 4.69) is 5.32 Å². The average Bonchev–Trinajstić information content (AvgIpc) is 3.12. The number of nitrogens with one attached hydrogen (secondary N) is 1. The number of aryl methyl sites for hydroxylation is 1.